The molecule has 140 valence electrons. The van der Waals surface area contributed by atoms with Crippen molar-refractivity contribution in [1.29, 1.82) is 0 Å². The lowest BCUT2D eigenvalue weighted by Gasteiger charge is -2.15. The Hall–Kier alpha value is -2.60. The summed E-state index contributed by atoms with van der Waals surface area (Å²) in [5.74, 6) is -0.441. The normalized spacial score (nSPS) is 12.2. The Balaban J connectivity index is 2.12. The van der Waals surface area contributed by atoms with E-state index in [0.29, 0.717) is 16.1 Å². The predicted octanol–water partition coefficient (Wildman–Crippen LogP) is 3.69. The summed E-state index contributed by atoms with van der Waals surface area (Å²) in [6.45, 7) is 3.88. The minimum absolute atomic E-state index is 0.152. The van der Waals surface area contributed by atoms with E-state index in [0.717, 1.165) is 24.9 Å². The second kappa shape index (κ2) is 8.39. The lowest BCUT2D eigenvalue weighted by molar-refractivity contribution is -0.117. The first kappa shape index (κ1) is 19.2. The molecule has 1 amide bonds. The maximum absolute atomic E-state index is 13.2. The molecule has 0 radical (unpaired) electrons. The van der Waals surface area contributed by atoms with Crippen LogP contribution in [-0.4, -0.2) is 20.7 Å². The van der Waals surface area contributed by atoms with E-state index in [1.165, 1.54) is 17.3 Å². The van der Waals surface area contributed by atoms with Crippen molar-refractivity contribution in [3.8, 4) is 5.69 Å². The summed E-state index contributed by atoms with van der Waals surface area (Å²) >= 11 is 1.20. The lowest BCUT2D eigenvalue weighted by Crippen LogP contribution is -2.26. The van der Waals surface area contributed by atoms with Crippen LogP contribution in [0, 0.1) is 0 Å². The van der Waals surface area contributed by atoms with Gasteiger partial charge in [-0.25, -0.2) is 4.98 Å². The van der Waals surface area contributed by atoms with Crippen LogP contribution in [0.1, 0.15) is 32.3 Å². The average molecular weight is 382 g/mol. The summed E-state index contributed by atoms with van der Waals surface area (Å²) < 4.78 is 1.57. The van der Waals surface area contributed by atoms with E-state index in [2.05, 4.69) is 11.9 Å². The number of benzene rings is 2. The molecule has 27 heavy (non-hydrogen) atoms. The first-order chi connectivity index (χ1) is 13.0. The minimum atomic E-state index is -0.492. The van der Waals surface area contributed by atoms with Gasteiger partial charge in [0.1, 0.15) is 0 Å². The Morgan fingerprint density at radius 3 is 2.56 bits per heavy atom. The predicted molar refractivity (Wildman–Crippen MR) is 110 cm³/mol. The Bertz CT molecular complexity index is 1010. The number of unbranched alkanes of at least 4 members (excludes halogenated alkanes) is 1. The first-order valence-electron chi connectivity index (χ1n) is 9.08. The zero-order valence-electron chi connectivity index (χ0n) is 15.5. The molecule has 0 saturated carbocycles. The minimum Gasteiger partial charge on any atom is -0.369 e. The number of carbonyl (C=O) groups is 1. The van der Waals surface area contributed by atoms with E-state index in [4.69, 9.17) is 5.73 Å². The quantitative estimate of drug-likeness (QED) is 0.500. The zero-order valence-corrected chi connectivity index (χ0v) is 16.3. The number of aryl methyl sites for hydroxylation is 1. The molecule has 1 heterocycles. The Morgan fingerprint density at radius 1 is 1.19 bits per heavy atom. The number of hydrogen-bond donors (Lipinski definition) is 1. The van der Waals surface area contributed by atoms with Gasteiger partial charge in [0.25, 0.3) is 5.56 Å². The molecule has 0 aliphatic heterocycles. The summed E-state index contributed by atoms with van der Waals surface area (Å²) in [5, 5.41) is 0.517. The number of carbonyl (C=O) groups excluding carboxylic acids is 1. The Labute approximate surface area is 162 Å². The second-order valence-corrected chi connectivity index (χ2v) is 7.79. The van der Waals surface area contributed by atoms with Crippen molar-refractivity contribution >= 4 is 28.6 Å². The summed E-state index contributed by atoms with van der Waals surface area (Å²) in [5.41, 5.74) is 7.84. The molecule has 2 N–H and O–H groups in total. The maximum Gasteiger partial charge on any atom is 0.266 e. The van der Waals surface area contributed by atoms with E-state index in [9.17, 15) is 9.59 Å². The van der Waals surface area contributed by atoms with Gasteiger partial charge in [0.15, 0.2) is 5.16 Å². The zero-order chi connectivity index (χ0) is 19.4. The molecule has 0 bridgehead atoms. The fourth-order valence-corrected chi connectivity index (χ4v) is 3.71. The van der Waals surface area contributed by atoms with Gasteiger partial charge in [-0.15, -0.1) is 0 Å². The molecule has 5 nitrogen and oxygen atoms in total. The van der Waals surface area contributed by atoms with Crippen LogP contribution in [0.5, 0.6) is 0 Å². The van der Waals surface area contributed by atoms with Crippen molar-refractivity contribution in [2.75, 3.05) is 0 Å². The molecular weight excluding hydrogens is 358 g/mol. The van der Waals surface area contributed by atoms with Crippen LogP contribution in [0.25, 0.3) is 16.6 Å². The van der Waals surface area contributed by atoms with Gasteiger partial charge in [0.2, 0.25) is 5.91 Å². The third-order valence-electron chi connectivity index (χ3n) is 4.44. The summed E-state index contributed by atoms with van der Waals surface area (Å²) in [6, 6.07) is 15.2. The van der Waals surface area contributed by atoms with Gasteiger partial charge >= 0.3 is 0 Å². The number of fused-ring (bicyclic) bond motifs is 1. The number of rotatable bonds is 7. The van der Waals surface area contributed by atoms with Crippen molar-refractivity contribution in [2.24, 2.45) is 5.73 Å². The SMILES string of the molecule is CCCCc1ccc(-n2c(S[C@H](C)C(N)=O)nc3ccccc3c2=O)cc1. The van der Waals surface area contributed by atoms with Crippen LogP contribution < -0.4 is 11.3 Å². The third-order valence-corrected chi connectivity index (χ3v) is 5.51. The third kappa shape index (κ3) is 4.22. The highest BCUT2D eigenvalue weighted by Crippen LogP contribution is 2.25. The Kier molecular flexibility index (Phi) is 5.96. The first-order valence-corrected chi connectivity index (χ1v) is 9.96. The molecule has 0 aliphatic carbocycles. The molecule has 0 saturated heterocycles. The number of aromatic nitrogens is 2. The van der Waals surface area contributed by atoms with Crippen LogP contribution in [0.4, 0.5) is 0 Å². The fraction of sp³-hybridized carbons (Fsp3) is 0.286. The van der Waals surface area contributed by atoms with Gasteiger partial charge < -0.3 is 5.73 Å². The maximum atomic E-state index is 13.2. The smallest absolute Gasteiger partial charge is 0.266 e. The van der Waals surface area contributed by atoms with Gasteiger partial charge in [-0.1, -0.05) is 49.4 Å². The number of thioether (sulfide) groups is 1. The van der Waals surface area contributed by atoms with Crippen LogP contribution in [-0.2, 0) is 11.2 Å². The molecular formula is C21H23N3O2S. The monoisotopic (exact) mass is 381 g/mol. The van der Waals surface area contributed by atoms with Crippen LogP contribution in [0.15, 0.2) is 58.5 Å². The number of para-hydroxylation sites is 1. The van der Waals surface area contributed by atoms with E-state index in [-0.39, 0.29) is 5.56 Å². The molecule has 6 heteroatoms. The molecule has 3 aromatic rings. The largest absolute Gasteiger partial charge is 0.369 e. The highest BCUT2D eigenvalue weighted by Gasteiger charge is 2.18. The molecule has 3 rings (SSSR count). The van der Waals surface area contributed by atoms with Gasteiger partial charge in [-0.2, -0.15) is 0 Å². The molecule has 1 aromatic heterocycles. The van der Waals surface area contributed by atoms with Gasteiger partial charge in [0.05, 0.1) is 21.8 Å². The van der Waals surface area contributed by atoms with Crippen molar-refractivity contribution in [1.82, 2.24) is 9.55 Å². The molecule has 1 atom stereocenters. The number of nitrogens with zero attached hydrogens (tertiary/aromatic N) is 2. The average Bonchev–Trinajstić information content (AvgIpc) is 2.67. The number of nitrogens with two attached hydrogens (primary N) is 1. The number of primary amides is 1. The second-order valence-electron chi connectivity index (χ2n) is 6.48. The van der Waals surface area contributed by atoms with Crippen molar-refractivity contribution in [3.63, 3.8) is 0 Å². The molecule has 2 aromatic carbocycles. The van der Waals surface area contributed by atoms with Gasteiger partial charge in [-0.05, 0) is 49.6 Å². The highest BCUT2D eigenvalue weighted by molar-refractivity contribution is 8.00. The fourth-order valence-electron chi connectivity index (χ4n) is 2.83. The Morgan fingerprint density at radius 2 is 1.89 bits per heavy atom. The highest BCUT2D eigenvalue weighted by atomic mass is 32.2. The van der Waals surface area contributed by atoms with Crippen molar-refractivity contribution in [3.05, 3.63) is 64.4 Å². The van der Waals surface area contributed by atoms with E-state index in [1.807, 2.05) is 36.4 Å². The summed E-state index contributed by atoms with van der Waals surface area (Å²) in [4.78, 5) is 29.3. The van der Waals surface area contributed by atoms with Crippen molar-refractivity contribution in [2.45, 2.75) is 43.5 Å². The van der Waals surface area contributed by atoms with Crippen molar-refractivity contribution < 1.29 is 4.79 Å². The standard InChI is InChI=1S/C21H23N3O2S/c1-3-4-7-15-10-12-16(13-11-15)24-20(26)17-8-5-6-9-18(17)23-21(24)27-14(2)19(22)25/h5-6,8-14H,3-4,7H2,1-2H3,(H2,22,25)/t14-/m1/s1. The number of amides is 1. The van der Waals surface area contributed by atoms with Gasteiger partial charge in [-0.3, -0.25) is 14.2 Å². The van der Waals surface area contributed by atoms with Crippen LogP contribution in [0.2, 0.25) is 0 Å². The molecule has 0 unspecified atom stereocenters. The lowest BCUT2D eigenvalue weighted by atomic mass is 10.1. The van der Waals surface area contributed by atoms with Crippen LogP contribution in [0.3, 0.4) is 0 Å². The van der Waals surface area contributed by atoms with Gasteiger partial charge in [0, 0.05) is 0 Å². The van der Waals surface area contributed by atoms with Crippen LogP contribution >= 0.6 is 11.8 Å². The van der Waals surface area contributed by atoms with E-state index >= 15 is 0 Å². The molecule has 0 spiro atoms. The topological polar surface area (TPSA) is 78.0 Å². The van der Waals surface area contributed by atoms with E-state index < -0.39 is 11.2 Å². The molecule has 0 aliphatic rings. The number of hydrogen-bond acceptors (Lipinski definition) is 4. The molecule has 0 fully saturated rings. The van der Waals surface area contributed by atoms with E-state index in [1.54, 1.807) is 23.6 Å². The summed E-state index contributed by atoms with van der Waals surface area (Å²) in [7, 11) is 0. The summed E-state index contributed by atoms with van der Waals surface area (Å²) in [6.07, 6.45) is 3.29.